The van der Waals surface area contributed by atoms with Crippen LogP contribution in [0.1, 0.15) is 18.8 Å². The number of nitrogens with zero attached hydrogens (tertiary/aromatic N) is 3. The van der Waals surface area contributed by atoms with E-state index in [4.69, 9.17) is 11.6 Å². The Hall–Kier alpha value is -2.08. The minimum absolute atomic E-state index is 0.0301. The van der Waals surface area contributed by atoms with Gasteiger partial charge < -0.3 is 9.88 Å². The van der Waals surface area contributed by atoms with E-state index in [1.807, 2.05) is 24.7 Å². The number of rotatable bonds is 4. The predicted octanol–water partition coefficient (Wildman–Crippen LogP) is 3.15. The summed E-state index contributed by atoms with van der Waals surface area (Å²) in [6, 6.07) is 4.52. The van der Waals surface area contributed by atoms with Crippen LogP contribution in [-0.2, 0) is 7.05 Å². The van der Waals surface area contributed by atoms with E-state index in [0.717, 1.165) is 5.82 Å². The Labute approximate surface area is 115 Å². The molecule has 1 aromatic carbocycles. The van der Waals surface area contributed by atoms with E-state index in [1.54, 1.807) is 18.3 Å². The van der Waals surface area contributed by atoms with E-state index in [9.17, 15) is 10.1 Å². The molecule has 100 valence electrons. The van der Waals surface area contributed by atoms with Crippen LogP contribution in [-0.4, -0.2) is 14.5 Å². The number of benzene rings is 1. The van der Waals surface area contributed by atoms with E-state index < -0.39 is 4.92 Å². The van der Waals surface area contributed by atoms with Crippen LogP contribution in [0.5, 0.6) is 0 Å². The Morgan fingerprint density at radius 1 is 1.53 bits per heavy atom. The molecule has 0 saturated heterocycles. The van der Waals surface area contributed by atoms with Gasteiger partial charge in [-0.15, -0.1) is 0 Å². The first-order valence-corrected chi connectivity index (χ1v) is 6.04. The molecule has 0 spiro atoms. The van der Waals surface area contributed by atoms with Crippen LogP contribution < -0.4 is 5.32 Å². The van der Waals surface area contributed by atoms with Gasteiger partial charge in [0.05, 0.1) is 11.0 Å². The highest BCUT2D eigenvalue weighted by Crippen LogP contribution is 2.28. The second kappa shape index (κ2) is 5.27. The average Bonchev–Trinajstić information content (AvgIpc) is 2.75. The summed E-state index contributed by atoms with van der Waals surface area (Å²) in [5.74, 6) is 0.870. The summed E-state index contributed by atoms with van der Waals surface area (Å²) in [4.78, 5) is 14.4. The topological polar surface area (TPSA) is 73.0 Å². The smallest absolute Gasteiger partial charge is 0.288 e. The second-order valence-corrected chi connectivity index (χ2v) is 4.59. The van der Waals surface area contributed by atoms with Crippen LogP contribution in [0, 0.1) is 10.1 Å². The van der Waals surface area contributed by atoms with Crippen molar-refractivity contribution in [3.05, 3.63) is 51.6 Å². The van der Waals surface area contributed by atoms with E-state index in [2.05, 4.69) is 10.3 Å². The number of hydrogen-bond acceptors (Lipinski definition) is 4. The van der Waals surface area contributed by atoms with E-state index in [-0.39, 0.29) is 16.8 Å². The molecule has 0 aliphatic rings. The van der Waals surface area contributed by atoms with Gasteiger partial charge >= 0.3 is 0 Å². The molecule has 0 amide bonds. The Morgan fingerprint density at radius 2 is 2.26 bits per heavy atom. The first-order valence-electron chi connectivity index (χ1n) is 5.66. The maximum absolute atomic E-state index is 10.7. The minimum Gasteiger partial charge on any atom is -0.375 e. The molecule has 0 aliphatic heterocycles. The number of nitrogens with one attached hydrogen (secondary N) is 1. The summed E-state index contributed by atoms with van der Waals surface area (Å²) in [6.45, 7) is 1.96. The average molecular weight is 281 g/mol. The molecule has 1 aromatic heterocycles. The fourth-order valence-electron chi connectivity index (χ4n) is 1.85. The Balaban J connectivity index is 2.18. The SMILES string of the molecule is CC(Nc1ccc([N+](=O)[O-])c(Cl)c1)c1nccn1C. The molecule has 7 heteroatoms. The summed E-state index contributed by atoms with van der Waals surface area (Å²) in [7, 11) is 1.91. The van der Waals surface area contributed by atoms with Gasteiger partial charge in [0.1, 0.15) is 10.8 Å². The Morgan fingerprint density at radius 3 is 2.79 bits per heavy atom. The third kappa shape index (κ3) is 2.85. The molecule has 2 rings (SSSR count). The van der Waals surface area contributed by atoms with E-state index in [1.165, 1.54) is 6.07 Å². The molecule has 1 N–H and O–H groups in total. The van der Waals surface area contributed by atoms with E-state index in [0.29, 0.717) is 5.69 Å². The van der Waals surface area contributed by atoms with Gasteiger partial charge in [0.2, 0.25) is 0 Å². The largest absolute Gasteiger partial charge is 0.375 e. The van der Waals surface area contributed by atoms with Crippen molar-refractivity contribution in [2.45, 2.75) is 13.0 Å². The molecule has 1 heterocycles. The highest BCUT2D eigenvalue weighted by Gasteiger charge is 2.14. The van der Waals surface area contributed by atoms with Gasteiger partial charge in [-0.25, -0.2) is 4.98 Å². The van der Waals surface area contributed by atoms with Crippen LogP contribution in [0.25, 0.3) is 0 Å². The summed E-state index contributed by atoms with van der Waals surface area (Å²) in [6.07, 6.45) is 3.58. The molecule has 0 fully saturated rings. The number of imidazole rings is 1. The van der Waals surface area contributed by atoms with Gasteiger partial charge in [-0.2, -0.15) is 0 Å². The van der Waals surface area contributed by atoms with Crippen molar-refractivity contribution in [1.29, 1.82) is 0 Å². The molecular weight excluding hydrogens is 268 g/mol. The lowest BCUT2D eigenvalue weighted by atomic mass is 10.2. The molecule has 0 saturated carbocycles. The van der Waals surface area contributed by atoms with Crippen LogP contribution >= 0.6 is 11.6 Å². The van der Waals surface area contributed by atoms with Gasteiger partial charge in [0.15, 0.2) is 0 Å². The molecule has 0 aliphatic carbocycles. The summed E-state index contributed by atoms with van der Waals surface area (Å²) >= 11 is 5.86. The lowest BCUT2D eigenvalue weighted by molar-refractivity contribution is -0.384. The van der Waals surface area contributed by atoms with Crippen molar-refractivity contribution < 1.29 is 4.92 Å². The lowest BCUT2D eigenvalue weighted by Crippen LogP contribution is -2.11. The van der Waals surface area contributed by atoms with Gasteiger partial charge in [-0.3, -0.25) is 10.1 Å². The zero-order valence-corrected chi connectivity index (χ0v) is 11.3. The summed E-state index contributed by atoms with van der Waals surface area (Å²) in [5.41, 5.74) is 0.614. The van der Waals surface area contributed by atoms with Gasteiger partial charge in [-0.1, -0.05) is 11.6 Å². The highest BCUT2D eigenvalue weighted by atomic mass is 35.5. The van der Waals surface area contributed by atoms with Crippen molar-refractivity contribution in [3.8, 4) is 0 Å². The molecule has 19 heavy (non-hydrogen) atoms. The van der Waals surface area contributed by atoms with Crippen molar-refractivity contribution in [3.63, 3.8) is 0 Å². The fraction of sp³-hybridized carbons (Fsp3) is 0.250. The monoisotopic (exact) mass is 280 g/mol. The maximum Gasteiger partial charge on any atom is 0.288 e. The van der Waals surface area contributed by atoms with E-state index >= 15 is 0 Å². The fourth-order valence-corrected chi connectivity index (χ4v) is 2.10. The number of aromatic nitrogens is 2. The predicted molar refractivity (Wildman–Crippen MR) is 73.4 cm³/mol. The van der Waals surface area contributed by atoms with Gasteiger partial charge in [0.25, 0.3) is 5.69 Å². The third-order valence-electron chi connectivity index (χ3n) is 2.77. The van der Waals surface area contributed by atoms with Gasteiger partial charge in [-0.05, 0) is 19.1 Å². The standard InChI is InChI=1S/C12H13ClN4O2/c1-8(12-14-5-6-16(12)2)15-9-3-4-11(17(18)19)10(13)7-9/h3-8,15H,1-2H3. The zero-order chi connectivity index (χ0) is 14.0. The Kier molecular flexibility index (Phi) is 3.71. The number of nitro groups is 1. The Bertz CT molecular complexity index is 612. The van der Waals surface area contributed by atoms with Crippen LogP contribution in [0.3, 0.4) is 0 Å². The van der Waals surface area contributed by atoms with Crippen LogP contribution in [0.2, 0.25) is 5.02 Å². The van der Waals surface area contributed by atoms with Crippen LogP contribution in [0.4, 0.5) is 11.4 Å². The number of anilines is 1. The quantitative estimate of drug-likeness (QED) is 0.690. The van der Waals surface area contributed by atoms with Gasteiger partial charge in [0, 0.05) is 31.2 Å². The zero-order valence-electron chi connectivity index (χ0n) is 10.5. The number of halogens is 1. The number of aryl methyl sites for hydroxylation is 1. The molecule has 2 aromatic rings. The molecule has 0 radical (unpaired) electrons. The molecule has 0 bridgehead atoms. The highest BCUT2D eigenvalue weighted by molar-refractivity contribution is 6.32. The van der Waals surface area contributed by atoms with Crippen molar-refractivity contribution in [2.75, 3.05) is 5.32 Å². The normalized spacial score (nSPS) is 12.2. The molecule has 6 nitrogen and oxygen atoms in total. The maximum atomic E-state index is 10.7. The molecule has 1 atom stereocenters. The molecular formula is C12H13ClN4O2. The van der Waals surface area contributed by atoms with Crippen LogP contribution in [0.15, 0.2) is 30.6 Å². The van der Waals surface area contributed by atoms with Crippen molar-refractivity contribution in [1.82, 2.24) is 9.55 Å². The number of hydrogen-bond donors (Lipinski definition) is 1. The minimum atomic E-state index is -0.506. The molecule has 1 unspecified atom stereocenters. The third-order valence-corrected chi connectivity index (χ3v) is 3.08. The summed E-state index contributed by atoms with van der Waals surface area (Å²) in [5, 5.41) is 14.0. The van der Waals surface area contributed by atoms with Crippen molar-refractivity contribution in [2.24, 2.45) is 7.05 Å². The second-order valence-electron chi connectivity index (χ2n) is 4.19. The summed E-state index contributed by atoms with van der Waals surface area (Å²) < 4.78 is 1.91. The number of nitro benzene ring substituents is 1. The first kappa shape index (κ1) is 13.4. The first-order chi connectivity index (χ1) is 8.99. The van der Waals surface area contributed by atoms with Crippen molar-refractivity contribution >= 4 is 23.0 Å². The lowest BCUT2D eigenvalue weighted by Gasteiger charge is -2.15.